The van der Waals surface area contributed by atoms with E-state index >= 15 is 0 Å². The number of unbranched alkanes of at least 4 members (excludes halogenated alkanes) is 1. The Morgan fingerprint density at radius 3 is 2.94 bits per heavy atom. The molecule has 1 heterocycles. The minimum atomic E-state index is -0.185. The highest BCUT2D eigenvalue weighted by atomic mass is 16.5. The van der Waals surface area contributed by atoms with Crippen LogP contribution in [0.25, 0.3) is 0 Å². The Bertz CT molecular complexity index is 329. The van der Waals surface area contributed by atoms with Gasteiger partial charge in [0.15, 0.2) is 0 Å². The number of anilines is 1. The second-order valence-electron chi connectivity index (χ2n) is 3.53. The van der Waals surface area contributed by atoms with Gasteiger partial charge in [-0.3, -0.25) is 9.48 Å². The number of carbonyl (C=O) groups is 1. The molecule has 0 aliphatic rings. The van der Waals surface area contributed by atoms with Crippen molar-refractivity contribution in [2.24, 2.45) is 7.05 Å². The number of nitrogens with two attached hydrogens (primary N) is 1. The van der Waals surface area contributed by atoms with Gasteiger partial charge in [0, 0.05) is 27.3 Å². The van der Waals surface area contributed by atoms with Crippen molar-refractivity contribution in [3.63, 3.8) is 0 Å². The fourth-order valence-corrected chi connectivity index (χ4v) is 1.39. The molecule has 0 aliphatic heterocycles. The lowest BCUT2D eigenvalue weighted by Crippen LogP contribution is -2.27. The van der Waals surface area contributed by atoms with Crippen LogP contribution in [0, 0.1) is 0 Å². The lowest BCUT2D eigenvalue weighted by atomic mass is 10.3. The highest BCUT2D eigenvalue weighted by Crippen LogP contribution is 2.08. The minimum absolute atomic E-state index is 0.185. The molecule has 1 aromatic rings. The summed E-state index contributed by atoms with van der Waals surface area (Å²) in [5.74, 6) is -0.185. The third-order valence-electron chi connectivity index (χ3n) is 2.24. The number of hydrogen-bond donors (Lipinski definition) is 2. The van der Waals surface area contributed by atoms with E-state index < -0.39 is 0 Å². The Morgan fingerprint density at radius 1 is 1.62 bits per heavy atom. The molecule has 0 aromatic carbocycles. The summed E-state index contributed by atoms with van der Waals surface area (Å²) in [5, 5.41) is 6.70. The third kappa shape index (κ3) is 3.23. The minimum Gasteiger partial charge on any atom is -0.396 e. The van der Waals surface area contributed by atoms with Gasteiger partial charge in [0.05, 0.1) is 11.9 Å². The van der Waals surface area contributed by atoms with E-state index in [4.69, 9.17) is 10.5 Å². The summed E-state index contributed by atoms with van der Waals surface area (Å²) in [6.45, 7) is 1.33. The standard InChI is InChI=1S/C10H18N4O2/c1-14-9(8(11)7-13-14)10(15)12-5-3-4-6-16-2/h7H,3-6,11H2,1-2H3,(H,12,15). The number of carbonyl (C=O) groups excluding carboxylic acids is 1. The highest BCUT2D eigenvalue weighted by Gasteiger charge is 2.13. The SMILES string of the molecule is COCCCCNC(=O)c1c(N)cnn1C. The Kier molecular flexibility index (Phi) is 4.78. The van der Waals surface area contributed by atoms with E-state index in [9.17, 15) is 4.79 Å². The van der Waals surface area contributed by atoms with Gasteiger partial charge in [-0.25, -0.2) is 0 Å². The van der Waals surface area contributed by atoms with Crippen LogP contribution < -0.4 is 11.1 Å². The molecule has 0 saturated heterocycles. The summed E-state index contributed by atoms with van der Waals surface area (Å²) >= 11 is 0. The molecule has 3 N–H and O–H groups in total. The van der Waals surface area contributed by atoms with Gasteiger partial charge < -0.3 is 15.8 Å². The van der Waals surface area contributed by atoms with Crippen LogP contribution in [-0.4, -0.2) is 35.9 Å². The summed E-state index contributed by atoms with van der Waals surface area (Å²) < 4.78 is 6.38. The maximum atomic E-state index is 11.7. The Hall–Kier alpha value is -1.56. The van der Waals surface area contributed by atoms with Gasteiger partial charge in [-0.1, -0.05) is 0 Å². The van der Waals surface area contributed by atoms with Crippen molar-refractivity contribution in [2.45, 2.75) is 12.8 Å². The van der Waals surface area contributed by atoms with E-state index in [-0.39, 0.29) is 5.91 Å². The molecule has 6 nitrogen and oxygen atoms in total. The zero-order valence-electron chi connectivity index (χ0n) is 9.69. The van der Waals surface area contributed by atoms with E-state index in [2.05, 4.69) is 10.4 Å². The molecule has 6 heteroatoms. The number of methoxy groups -OCH3 is 1. The number of aromatic nitrogens is 2. The molecule has 90 valence electrons. The summed E-state index contributed by atoms with van der Waals surface area (Å²) in [4.78, 5) is 11.7. The zero-order chi connectivity index (χ0) is 12.0. The van der Waals surface area contributed by atoms with Gasteiger partial charge in [-0.15, -0.1) is 0 Å². The van der Waals surface area contributed by atoms with E-state index in [1.54, 1.807) is 14.2 Å². The smallest absolute Gasteiger partial charge is 0.271 e. The van der Waals surface area contributed by atoms with Crippen LogP contribution in [0.3, 0.4) is 0 Å². The fraction of sp³-hybridized carbons (Fsp3) is 0.600. The Balaban J connectivity index is 2.36. The largest absolute Gasteiger partial charge is 0.396 e. The summed E-state index contributed by atoms with van der Waals surface area (Å²) in [7, 11) is 3.35. The van der Waals surface area contributed by atoms with Crippen LogP contribution in [0.15, 0.2) is 6.20 Å². The van der Waals surface area contributed by atoms with E-state index in [0.29, 0.717) is 24.5 Å². The lowest BCUT2D eigenvalue weighted by Gasteiger charge is -2.05. The molecule has 0 aliphatic carbocycles. The Labute approximate surface area is 94.8 Å². The van der Waals surface area contributed by atoms with Gasteiger partial charge in [0.25, 0.3) is 5.91 Å². The predicted octanol–water partition coefficient (Wildman–Crippen LogP) is 0.159. The first-order chi connectivity index (χ1) is 7.66. The number of rotatable bonds is 6. The Morgan fingerprint density at radius 2 is 2.38 bits per heavy atom. The average molecular weight is 226 g/mol. The molecule has 1 rings (SSSR count). The van der Waals surface area contributed by atoms with Gasteiger partial charge in [0.2, 0.25) is 0 Å². The highest BCUT2D eigenvalue weighted by molar-refractivity contribution is 5.97. The van der Waals surface area contributed by atoms with Crippen molar-refractivity contribution in [1.82, 2.24) is 15.1 Å². The molecule has 0 fully saturated rings. The first-order valence-corrected chi connectivity index (χ1v) is 5.21. The maximum absolute atomic E-state index is 11.7. The second-order valence-corrected chi connectivity index (χ2v) is 3.53. The molecule has 0 spiro atoms. The van der Waals surface area contributed by atoms with Crippen molar-refractivity contribution in [1.29, 1.82) is 0 Å². The van der Waals surface area contributed by atoms with Crippen LogP contribution in [0.4, 0.5) is 5.69 Å². The normalized spacial score (nSPS) is 10.4. The fourth-order valence-electron chi connectivity index (χ4n) is 1.39. The molecule has 16 heavy (non-hydrogen) atoms. The number of amides is 1. The van der Waals surface area contributed by atoms with Crippen molar-refractivity contribution in [3.05, 3.63) is 11.9 Å². The van der Waals surface area contributed by atoms with Crippen LogP contribution in [0.2, 0.25) is 0 Å². The topological polar surface area (TPSA) is 82.2 Å². The third-order valence-corrected chi connectivity index (χ3v) is 2.24. The number of ether oxygens (including phenoxy) is 1. The van der Waals surface area contributed by atoms with E-state index in [0.717, 1.165) is 12.8 Å². The molecule has 0 saturated carbocycles. The number of nitrogens with zero attached hydrogens (tertiary/aromatic N) is 2. The van der Waals surface area contributed by atoms with Crippen molar-refractivity contribution in [3.8, 4) is 0 Å². The predicted molar refractivity (Wildman–Crippen MR) is 61.1 cm³/mol. The molecule has 0 atom stereocenters. The second kappa shape index (κ2) is 6.12. The molecule has 1 amide bonds. The van der Waals surface area contributed by atoms with Crippen molar-refractivity contribution >= 4 is 11.6 Å². The molecular formula is C10H18N4O2. The molecule has 0 bridgehead atoms. The number of aryl methyl sites for hydroxylation is 1. The number of nitrogens with one attached hydrogen (secondary N) is 1. The summed E-state index contributed by atoms with van der Waals surface area (Å²) in [6.07, 6.45) is 3.29. The van der Waals surface area contributed by atoms with Crippen molar-refractivity contribution in [2.75, 3.05) is 26.0 Å². The summed E-state index contributed by atoms with van der Waals surface area (Å²) in [6, 6.07) is 0. The van der Waals surface area contributed by atoms with E-state index in [1.807, 2.05) is 0 Å². The van der Waals surface area contributed by atoms with Crippen LogP contribution in [-0.2, 0) is 11.8 Å². The van der Waals surface area contributed by atoms with Gasteiger partial charge in [0.1, 0.15) is 5.69 Å². The monoisotopic (exact) mass is 226 g/mol. The summed E-state index contributed by atoms with van der Waals surface area (Å²) in [5.41, 5.74) is 6.44. The van der Waals surface area contributed by atoms with E-state index in [1.165, 1.54) is 10.9 Å². The van der Waals surface area contributed by atoms with Gasteiger partial charge in [-0.05, 0) is 12.8 Å². The van der Waals surface area contributed by atoms with Crippen LogP contribution in [0.1, 0.15) is 23.3 Å². The molecule has 1 aromatic heterocycles. The molecule has 0 radical (unpaired) electrons. The first kappa shape index (κ1) is 12.5. The van der Waals surface area contributed by atoms with Crippen LogP contribution in [0.5, 0.6) is 0 Å². The quantitative estimate of drug-likeness (QED) is 0.677. The number of nitrogen functional groups attached to an aromatic ring is 1. The number of hydrogen-bond acceptors (Lipinski definition) is 4. The maximum Gasteiger partial charge on any atom is 0.271 e. The molecule has 0 unspecified atom stereocenters. The van der Waals surface area contributed by atoms with Crippen LogP contribution >= 0.6 is 0 Å². The lowest BCUT2D eigenvalue weighted by molar-refractivity contribution is 0.0943. The van der Waals surface area contributed by atoms with Crippen molar-refractivity contribution < 1.29 is 9.53 Å². The van der Waals surface area contributed by atoms with Gasteiger partial charge >= 0.3 is 0 Å². The van der Waals surface area contributed by atoms with Gasteiger partial charge in [-0.2, -0.15) is 5.10 Å². The molecular weight excluding hydrogens is 208 g/mol. The average Bonchev–Trinajstić information content (AvgIpc) is 2.58. The first-order valence-electron chi connectivity index (χ1n) is 5.21. The zero-order valence-corrected chi connectivity index (χ0v) is 9.69.